The molecule has 2 unspecified atom stereocenters. The predicted octanol–water partition coefficient (Wildman–Crippen LogP) is 3.18. The van der Waals surface area contributed by atoms with Gasteiger partial charge in [-0.25, -0.2) is 0 Å². The average Bonchev–Trinajstić information content (AvgIpc) is 2.65. The van der Waals surface area contributed by atoms with Crippen molar-refractivity contribution in [2.45, 2.75) is 52.4 Å². The Balaban J connectivity index is 1.89. The van der Waals surface area contributed by atoms with Crippen LogP contribution in [0.1, 0.15) is 52.4 Å². The van der Waals surface area contributed by atoms with E-state index in [1.54, 1.807) is 0 Å². The third kappa shape index (κ3) is 2.09. The van der Waals surface area contributed by atoms with Gasteiger partial charge in [0.1, 0.15) is 0 Å². The lowest BCUT2D eigenvalue weighted by molar-refractivity contribution is -0.218. The number of carbonyl (C=O) groups is 2. The second-order valence-electron chi connectivity index (χ2n) is 9.36. The lowest BCUT2D eigenvalue weighted by atomic mass is 9.36. The molecule has 1 heterocycles. The first-order valence-electron chi connectivity index (χ1n) is 10.4. The molecule has 0 aromatic carbocycles. The van der Waals surface area contributed by atoms with E-state index < -0.39 is 11.3 Å². The number of carbonyl (C=O) groups excluding carboxylic acids is 2. The third-order valence-corrected chi connectivity index (χ3v) is 8.32. The molecule has 1 N–H and O–H groups in total. The molecule has 2 bridgehead atoms. The van der Waals surface area contributed by atoms with Crippen LogP contribution in [0.2, 0.25) is 0 Å². The summed E-state index contributed by atoms with van der Waals surface area (Å²) in [6.45, 7) is 9.52. The van der Waals surface area contributed by atoms with Crippen LogP contribution in [-0.4, -0.2) is 36.5 Å². The summed E-state index contributed by atoms with van der Waals surface area (Å²) in [6.07, 6.45) is 5.57. The summed E-state index contributed by atoms with van der Waals surface area (Å²) >= 11 is 0. The number of aliphatic hydroxyl groups excluding tert-OH is 1. The largest absolute Gasteiger partial charge is 0.396 e. The van der Waals surface area contributed by atoms with Crippen molar-refractivity contribution in [1.82, 2.24) is 0 Å². The molecule has 5 aliphatic rings. The van der Waals surface area contributed by atoms with E-state index >= 15 is 0 Å². The van der Waals surface area contributed by atoms with Crippen molar-refractivity contribution in [1.29, 1.82) is 0 Å². The molecule has 4 heteroatoms. The zero-order valence-corrected chi connectivity index (χ0v) is 16.1. The quantitative estimate of drug-likeness (QED) is 0.618. The summed E-state index contributed by atoms with van der Waals surface area (Å²) in [5, 5.41) is 10.2. The molecular weight excluding hydrogens is 328 g/mol. The molecule has 1 spiro atoms. The number of ether oxygens (including phenoxy) is 1. The van der Waals surface area contributed by atoms with Crippen LogP contribution < -0.4 is 0 Å². The first-order valence-corrected chi connectivity index (χ1v) is 10.4. The maximum atomic E-state index is 13.7. The lowest BCUT2D eigenvalue weighted by Gasteiger charge is -2.66. The second kappa shape index (κ2) is 6.27. The molecule has 1 aliphatic heterocycles. The molecule has 1 saturated heterocycles. The highest BCUT2D eigenvalue weighted by Crippen LogP contribution is 2.68. The highest BCUT2D eigenvalue weighted by Gasteiger charge is 2.72. The average molecular weight is 360 g/mol. The Labute approximate surface area is 156 Å². The van der Waals surface area contributed by atoms with Crippen LogP contribution in [-0.2, 0) is 14.3 Å². The Bertz CT molecular complexity index is 640. The van der Waals surface area contributed by atoms with Crippen LogP contribution in [0.15, 0.2) is 12.2 Å². The summed E-state index contributed by atoms with van der Waals surface area (Å²) in [7, 11) is 0. The monoisotopic (exact) mass is 360 g/mol. The Kier molecular flexibility index (Phi) is 4.43. The minimum absolute atomic E-state index is 0.0130. The molecule has 4 saturated carbocycles. The zero-order chi connectivity index (χ0) is 18.7. The summed E-state index contributed by atoms with van der Waals surface area (Å²) in [5.74, 6) is 0.203. The number of rotatable bonds is 4. The maximum Gasteiger partial charge on any atom is 0.172 e. The molecule has 4 aliphatic carbocycles. The minimum atomic E-state index is -0.941. The highest BCUT2D eigenvalue weighted by atomic mass is 16.5. The van der Waals surface area contributed by atoms with Gasteiger partial charge in [-0.3, -0.25) is 9.59 Å². The normalized spacial score (nSPS) is 47.7. The van der Waals surface area contributed by atoms with Crippen LogP contribution in [0, 0.1) is 40.4 Å². The number of Topliss-reactive ketones (excluding diaryl/α,β-unsaturated/α-hetero) is 2. The molecule has 0 aromatic heterocycles. The Morgan fingerprint density at radius 2 is 2.12 bits per heavy atom. The van der Waals surface area contributed by atoms with E-state index in [0.29, 0.717) is 25.2 Å². The van der Waals surface area contributed by atoms with E-state index in [9.17, 15) is 14.7 Å². The van der Waals surface area contributed by atoms with Gasteiger partial charge in [-0.1, -0.05) is 33.3 Å². The predicted molar refractivity (Wildman–Crippen MR) is 98.4 cm³/mol. The van der Waals surface area contributed by atoms with Crippen molar-refractivity contribution in [3.63, 3.8) is 0 Å². The molecule has 26 heavy (non-hydrogen) atoms. The van der Waals surface area contributed by atoms with Gasteiger partial charge in [0.25, 0.3) is 0 Å². The van der Waals surface area contributed by atoms with Crippen LogP contribution in [0.5, 0.6) is 0 Å². The van der Waals surface area contributed by atoms with Crippen LogP contribution in [0.3, 0.4) is 0 Å². The van der Waals surface area contributed by atoms with Crippen molar-refractivity contribution < 1.29 is 19.4 Å². The van der Waals surface area contributed by atoms with E-state index in [1.807, 2.05) is 0 Å². The Morgan fingerprint density at radius 1 is 1.35 bits per heavy atom. The summed E-state index contributed by atoms with van der Waals surface area (Å²) in [6, 6.07) is 0. The zero-order valence-electron chi connectivity index (χ0n) is 16.1. The van der Waals surface area contributed by atoms with Crippen molar-refractivity contribution in [3.05, 3.63) is 12.2 Å². The van der Waals surface area contributed by atoms with Gasteiger partial charge in [0, 0.05) is 17.9 Å². The minimum Gasteiger partial charge on any atom is -0.396 e. The Hall–Kier alpha value is -1.00. The maximum absolute atomic E-state index is 13.7. The van der Waals surface area contributed by atoms with E-state index in [2.05, 4.69) is 20.4 Å². The Morgan fingerprint density at radius 3 is 2.81 bits per heavy atom. The number of unbranched alkanes of at least 4 members (excludes halogenated alkanes) is 1. The number of hydrogen-bond donors (Lipinski definition) is 1. The van der Waals surface area contributed by atoms with Gasteiger partial charge in [-0.2, -0.15) is 0 Å². The second-order valence-corrected chi connectivity index (χ2v) is 9.36. The molecule has 4 nitrogen and oxygen atoms in total. The molecule has 0 aromatic rings. The van der Waals surface area contributed by atoms with Gasteiger partial charge in [-0.05, 0) is 54.9 Å². The lowest BCUT2D eigenvalue weighted by Crippen LogP contribution is -2.71. The molecule has 5 fully saturated rings. The SMILES string of the molecule is C=C1C(=O)[C@]23CC[C@H]1CC2[C@@]1(CCCC)COC[C@@H](C)C1[C@H](CO)C3=O. The number of fused-ring (bicyclic) bond motifs is 3. The highest BCUT2D eigenvalue weighted by molar-refractivity contribution is 6.17. The van der Waals surface area contributed by atoms with Crippen molar-refractivity contribution >= 4 is 11.6 Å². The topological polar surface area (TPSA) is 63.6 Å². The first-order chi connectivity index (χ1) is 12.4. The van der Waals surface area contributed by atoms with Gasteiger partial charge >= 0.3 is 0 Å². The molecule has 0 amide bonds. The van der Waals surface area contributed by atoms with Crippen molar-refractivity contribution in [3.8, 4) is 0 Å². The first kappa shape index (κ1) is 18.4. The number of ketones is 2. The number of aliphatic hydroxyl groups is 1. The fraction of sp³-hybridized carbons (Fsp3) is 0.818. The van der Waals surface area contributed by atoms with Crippen LogP contribution >= 0.6 is 0 Å². The summed E-state index contributed by atoms with van der Waals surface area (Å²) in [5.41, 5.74) is -0.445. The van der Waals surface area contributed by atoms with Crippen molar-refractivity contribution in [2.24, 2.45) is 40.4 Å². The van der Waals surface area contributed by atoms with Crippen molar-refractivity contribution in [2.75, 3.05) is 19.8 Å². The molecular formula is C22H32O4. The fourth-order valence-corrected chi connectivity index (χ4v) is 7.31. The van der Waals surface area contributed by atoms with Crippen LogP contribution in [0.25, 0.3) is 0 Å². The number of allylic oxidation sites excluding steroid dienone is 1. The smallest absolute Gasteiger partial charge is 0.172 e. The third-order valence-electron chi connectivity index (χ3n) is 8.32. The van der Waals surface area contributed by atoms with E-state index in [-0.39, 0.29) is 47.3 Å². The van der Waals surface area contributed by atoms with Gasteiger partial charge in [0.15, 0.2) is 11.6 Å². The van der Waals surface area contributed by atoms with E-state index in [4.69, 9.17) is 4.74 Å². The van der Waals surface area contributed by atoms with Gasteiger partial charge in [0.05, 0.1) is 18.6 Å². The van der Waals surface area contributed by atoms with E-state index in [0.717, 1.165) is 32.1 Å². The van der Waals surface area contributed by atoms with E-state index in [1.165, 1.54) is 0 Å². The molecule has 144 valence electrons. The standard InChI is InChI=1S/C22H32O4/c1-4-5-7-21-12-26-11-13(2)18(21)16(10-23)20(25)22-8-6-15(9-17(21)22)14(3)19(22)24/h13,15-18,23H,3-12H2,1-2H3/t13-,15+,16+,17?,18?,21-,22+/m1/s1. The number of hydrogen-bond acceptors (Lipinski definition) is 4. The molecule has 0 radical (unpaired) electrons. The van der Waals surface area contributed by atoms with Gasteiger partial charge in [0.2, 0.25) is 0 Å². The van der Waals surface area contributed by atoms with Crippen LogP contribution in [0.4, 0.5) is 0 Å². The summed E-state index contributed by atoms with van der Waals surface area (Å²) < 4.78 is 6.07. The van der Waals surface area contributed by atoms with Gasteiger partial charge in [-0.15, -0.1) is 0 Å². The fourth-order valence-electron chi connectivity index (χ4n) is 7.31. The molecule has 7 atom stereocenters. The summed E-state index contributed by atoms with van der Waals surface area (Å²) in [4.78, 5) is 27.0. The van der Waals surface area contributed by atoms with Gasteiger partial charge < -0.3 is 9.84 Å². The molecule has 5 rings (SSSR count).